The number of hydrogen-bond donors (Lipinski definition) is 1. The van der Waals surface area contributed by atoms with Gasteiger partial charge in [-0.1, -0.05) is 37.6 Å². The number of allylic oxidation sites excluding steroid dienone is 1. The highest BCUT2D eigenvalue weighted by atomic mass is 32.2. The molecule has 1 N–H and O–H groups in total. The molecule has 1 unspecified atom stereocenters. The first-order valence-electron chi connectivity index (χ1n) is 13.2. The van der Waals surface area contributed by atoms with Gasteiger partial charge in [0.05, 0.1) is 4.90 Å². The Morgan fingerprint density at radius 2 is 1.79 bits per heavy atom. The summed E-state index contributed by atoms with van der Waals surface area (Å²) in [4.78, 5) is 2.74. The second-order valence-electron chi connectivity index (χ2n) is 10.3. The van der Waals surface area contributed by atoms with Crippen molar-refractivity contribution in [2.75, 3.05) is 32.5 Å². The molecule has 200 valence electrons. The fourth-order valence-electron chi connectivity index (χ4n) is 5.41. The van der Waals surface area contributed by atoms with E-state index in [1.807, 2.05) is 43.3 Å². The second kappa shape index (κ2) is 10.8. The number of rotatable bonds is 8. The maximum absolute atomic E-state index is 12.0. The van der Waals surface area contributed by atoms with Gasteiger partial charge in [0.1, 0.15) is 30.0 Å². The smallest absolute Gasteiger partial charge is 0.175 e. The molecule has 0 bridgehead atoms. The van der Waals surface area contributed by atoms with E-state index in [0.29, 0.717) is 12.4 Å². The highest BCUT2D eigenvalue weighted by molar-refractivity contribution is 7.90. The van der Waals surface area contributed by atoms with Gasteiger partial charge in [-0.25, -0.2) is 8.42 Å². The van der Waals surface area contributed by atoms with Crippen LogP contribution in [0.25, 0.3) is 11.1 Å². The Labute approximate surface area is 225 Å². The molecule has 0 aromatic heterocycles. The minimum atomic E-state index is -3.30. The molecule has 2 heterocycles. The zero-order valence-electron chi connectivity index (χ0n) is 22.2. The van der Waals surface area contributed by atoms with Crippen molar-refractivity contribution in [2.45, 2.75) is 37.7 Å². The number of ether oxygens (including phenoxy) is 2. The maximum atomic E-state index is 12.0. The number of nitrogens with zero attached hydrogens (tertiary/aromatic N) is 1. The quantitative estimate of drug-likeness (QED) is 0.384. The molecule has 7 heteroatoms. The minimum absolute atomic E-state index is 0.164. The molecule has 6 nitrogen and oxygen atoms in total. The Balaban J connectivity index is 1.39. The molecule has 1 saturated heterocycles. The van der Waals surface area contributed by atoms with Crippen LogP contribution in [0.2, 0.25) is 0 Å². The van der Waals surface area contributed by atoms with Crippen LogP contribution in [0.15, 0.2) is 71.6 Å². The van der Waals surface area contributed by atoms with Crippen molar-refractivity contribution in [3.63, 3.8) is 0 Å². The molecular weight excluding hydrogens is 498 g/mol. The summed E-state index contributed by atoms with van der Waals surface area (Å²) in [5.74, 6) is 2.49. The van der Waals surface area contributed by atoms with Crippen LogP contribution in [0.1, 0.15) is 49.5 Å². The van der Waals surface area contributed by atoms with Crippen LogP contribution in [-0.2, 0) is 9.84 Å². The molecule has 38 heavy (non-hydrogen) atoms. The van der Waals surface area contributed by atoms with Crippen LogP contribution in [-0.4, -0.2) is 50.9 Å². The van der Waals surface area contributed by atoms with Gasteiger partial charge >= 0.3 is 0 Å². The molecule has 0 aliphatic carbocycles. The lowest BCUT2D eigenvalue weighted by atomic mass is 9.86. The molecule has 0 spiro atoms. The first-order chi connectivity index (χ1) is 18.2. The highest BCUT2D eigenvalue weighted by Gasteiger charge is 2.30. The van der Waals surface area contributed by atoms with E-state index in [2.05, 4.69) is 11.8 Å². The number of phenolic OH excluding ortho intramolecular Hbond substituents is 1. The van der Waals surface area contributed by atoms with Crippen LogP contribution < -0.4 is 9.47 Å². The number of phenols is 1. The third-order valence-electron chi connectivity index (χ3n) is 7.68. The van der Waals surface area contributed by atoms with Gasteiger partial charge in [-0.3, -0.25) is 4.90 Å². The third kappa shape index (κ3) is 5.59. The summed E-state index contributed by atoms with van der Waals surface area (Å²) >= 11 is 0. The van der Waals surface area contributed by atoms with Gasteiger partial charge < -0.3 is 14.6 Å². The third-order valence-corrected chi connectivity index (χ3v) is 8.81. The standard InChI is InChI=1S/C31H35NO5S/c1-4-22-15-16-32(20-22)17-18-36-26-10-5-24(6-11-26)31-30(23-7-12-27(13-8-23)38(3,34)35)21(2)28-19-25(33)9-14-29(28)37-31/h5-14,19,22,31,33H,4,15-18,20H2,1-3H3/t22-,31?/m1/s1. The van der Waals surface area contributed by atoms with Crippen LogP contribution in [0.5, 0.6) is 17.2 Å². The molecule has 2 atom stereocenters. The molecule has 3 aromatic rings. The molecule has 0 radical (unpaired) electrons. The average molecular weight is 534 g/mol. The van der Waals surface area contributed by atoms with E-state index >= 15 is 0 Å². The Kier molecular flexibility index (Phi) is 7.50. The first kappa shape index (κ1) is 26.3. The normalized spacial score (nSPS) is 19.8. The molecule has 2 aliphatic heterocycles. The van der Waals surface area contributed by atoms with Crippen molar-refractivity contribution < 1.29 is 23.0 Å². The van der Waals surface area contributed by atoms with Gasteiger partial charge in [-0.15, -0.1) is 0 Å². The molecule has 0 amide bonds. The zero-order valence-corrected chi connectivity index (χ0v) is 23.0. The number of benzene rings is 3. The lowest BCUT2D eigenvalue weighted by Gasteiger charge is -2.31. The Hall–Kier alpha value is -3.29. The maximum Gasteiger partial charge on any atom is 0.175 e. The Morgan fingerprint density at radius 1 is 1.05 bits per heavy atom. The van der Waals surface area contributed by atoms with Crippen molar-refractivity contribution in [3.8, 4) is 17.2 Å². The van der Waals surface area contributed by atoms with Crippen LogP contribution in [0, 0.1) is 5.92 Å². The van der Waals surface area contributed by atoms with Crippen molar-refractivity contribution >= 4 is 21.0 Å². The second-order valence-corrected chi connectivity index (χ2v) is 12.3. The van der Waals surface area contributed by atoms with E-state index in [4.69, 9.17) is 9.47 Å². The van der Waals surface area contributed by atoms with Crippen molar-refractivity contribution in [1.29, 1.82) is 0 Å². The molecule has 2 aliphatic rings. The largest absolute Gasteiger partial charge is 0.508 e. The van der Waals surface area contributed by atoms with Gasteiger partial charge in [-0.2, -0.15) is 0 Å². The Morgan fingerprint density at radius 3 is 2.45 bits per heavy atom. The molecule has 1 fully saturated rings. The fourth-order valence-corrected chi connectivity index (χ4v) is 6.04. The van der Waals surface area contributed by atoms with E-state index in [9.17, 15) is 13.5 Å². The predicted octanol–water partition coefficient (Wildman–Crippen LogP) is 5.97. The minimum Gasteiger partial charge on any atom is -0.508 e. The average Bonchev–Trinajstić information content (AvgIpc) is 3.37. The summed E-state index contributed by atoms with van der Waals surface area (Å²) in [6, 6.07) is 20.0. The lowest BCUT2D eigenvalue weighted by Crippen LogP contribution is -2.26. The summed E-state index contributed by atoms with van der Waals surface area (Å²) in [6.45, 7) is 8.17. The SMILES string of the molecule is CC[C@@H]1CCN(CCOc2ccc(C3Oc4ccc(O)cc4C(C)=C3c3ccc(S(C)(=O)=O)cc3)cc2)C1. The summed E-state index contributed by atoms with van der Waals surface area (Å²) in [7, 11) is -3.30. The number of aromatic hydroxyl groups is 1. The van der Waals surface area contributed by atoms with Gasteiger partial charge in [0.2, 0.25) is 0 Å². The summed E-state index contributed by atoms with van der Waals surface area (Å²) in [5.41, 5.74) is 4.54. The van der Waals surface area contributed by atoms with E-state index in [1.54, 1.807) is 30.3 Å². The number of fused-ring (bicyclic) bond motifs is 1. The topological polar surface area (TPSA) is 76.1 Å². The van der Waals surface area contributed by atoms with Crippen molar-refractivity contribution in [1.82, 2.24) is 4.90 Å². The number of hydrogen-bond acceptors (Lipinski definition) is 6. The van der Waals surface area contributed by atoms with E-state index in [-0.39, 0.29) is 10.6 Å². The van der Waals surface area contributed by atoms with Crippen LogP contribution in [0.4, 0.5) is 0 Å². The predicted molar refractivity (Wildman–Crippen MR) is 150 cm³/mol. The van der Waals surface area contributed by atoms with E-state index < -0.39 is 15.9 Å². The highest BCUT2D eigenvalue weighted by Crippen LogP contribution is 2.47. The zero-order chi connectivity index (χ0) is 26.9. The first-order valence-corrected chi connectivity index (χ1v) is 15.1. The van der Waals surface area contributed by atoms with E-state index in [1.165, 1.54) is 19.1 Å². The van der Waals surface area contributed by atoms with Crippen molar-refractivity contribution in [2.24, 2.45) is 5.92 Å². The van der Waals surface area contributed by atoms with Gasteiger partial charge in [0, 0.05) is 30.5 Å². The summed E-state index contributed by atoms with van der Waals surface area (Å²) in [5, 5.41) is 10.1. The van der Waals surface area contributed by atoms with Crippen LogP contribution >= 0.6 is 0 Å². The van der Waals surface area contributed by atoms with E-state index in [0.717, 1.165) is 59.1 Å². The summed E-state index contributed by atoms with van der Waals surface area (Å²) < 4.78 is 36.5. The monoisotopic (exact) mass is 533 g/mol. The summed E-state index contributed by atoms with van der Waals surface area (Å²) in [6.07, 6.45) is 3.32. The Bertz CT molecular complexity index is 1430. The van der Waals surface area contributed by atoms with Gasteiger partial charge in [0.25, 0.3) is 0 Å². The fraction of sp³-hybridized carbons (Fsp3) is 0.355. The van der Waals surface area contributed by atoms with Gasteiger partial charge in [-0.05, 0) is 85.0 Å². The van der Waals surface area contributed by atoms with Crippen molar-refractivity contribution in [3.05, 3.63) is 83.4 Å². The number of likely N-dealkylation sites (tertiary alicyclic amines) is 1. The number of sulfone groups is 1. The molecule has 5 rings (SSSR count). The molecular formula is C31H35NO5S. The molecule has 3 aromatic carbocycles. The molecule has 0 saturated carbocycles. The lowest BCUT2D eigenvalue weighted by molar-refractivity contribution is 0.232. The van der Waals surface area contributed by atoms with Crippen LogP contribution in [0.3, 0.4) is 0 Å². The van der Waals surface area contributed by atoms with Gasteiger partial charge in [0.15, 0.2) is 9.84 Å².